The van der Waals surface area contributed by atoms with Crippen molar-refractivity contribution in [1.29, 1.82) is 0 Å². The number of benzene rings is 1. The highest BCUT2D eigenvalue weighted by molar-refractivity contribution is 5.93. The molecule has 1 aliphatic heterocycles. The molecule has 3 N–H and O–H groups in total. The van der Waals surface area contributed by atoms with Crippen molar-refractivity contribution in [3.05, 3.63) is 47.3 Å². The third kappa shape index (κ3) is 2.86. The fraction of sp³-hybridized carbons (Fsp3) is 0.400. The minimum Gasteiger partial charge on any atom is -0.382 e. The number of aliphatic hydroxyl groups is 1. The van der Waals surface area contributed by atoms with Gasteiger partial charge in [-0.05, 0) is 24.1 Å². The number of likely N-dealkylation sites (tertiary alicyclic amines) is 1. The third-order valence-corrected chi connectivity index (χ3v) is 4.07. The molecule has 7 heteroatoms. The first-order valence-electron chi connectivity index (χ1n) is 7.23. The Balaban J connectivity index is 1.64. The van der Waals surface area contributed by atoms with E-state index in [1.807, 2.05) is 24.3 Å². The zero-order valence-corrected chi connectivity index (χ0v) is 12.4. The second-order valence-corrected chi connectivity index (χ2v) is 5.62. The SMILES string of the molecule is CNC(=O)c1ccc(CN2CC[C@](O)(c3cn[nH]n3)C2)cc1. The fourth-order valence-corrected chi connectivity index (χ4v) is 2.81. The van der Waals surface area contributed by atoms with Crippen molar-refractivity contribution < 1.29 is 9.90 Å². The second-order valence-electron chi connectivity index (χ2n) is 5.62. The first-order valence-corrected chi connectivity index (χ1v) is 7.23. The Kier molecular flexibility index (Phi) is 3.91. The Morgan fingerprint density at radius 1 is 1.45 bits per heavy atom. The molecule has 0 unspecified atom stereocenters. The lowest BCUT2D eigenvalue weighted by molar-refractivity contribution is 0.0409. The average molecular weight is 301 g/mol. The Morgan fingerprint density at radius 3 is 2.86 bits per heavy atom. The summed E-state index contributed by atoms with van der Waals surface area (Å²) >= 11 is 0. The molecule has 1 amide bonds. The van der Waals surface area contributed by atoms with Crippen molar-refractivity contribution in [2.45, 2.75) is 18.6 Å². The van der Waals surface area contributed by atoms with Crippen LogP contribution in [0.2, 0.25) is 0 Å². The number of aromatic amines is 1. The summed E-state index contributed by atoms with van der Waals surface area (Å²) in [6.07, 6.45) is 2.21. The first kappa shape index (κ1) is 14.7. The van der Waals surface area contributed by atoms with Gasteiger partial charge in [-0.25, -0.2) is 0 Å². The lowest BCUT2D eigenvalue weighted by Gasteiger charge is -2.21. The number of rotatable bonds is 4. The van der Waals surface area contributed by atoms with Gasteiger partial charge >= 0.3 is 0 Å². The fourth-order valence-electron chi connectivity index (χ4n) is 2.81. The molecule has 3 rings (SSSR count). The van der Waals surface area contributed by atoms with E-state index >= 15 is 0 Å². The van der Waals surface area contributed by atoms with Gasteiger partial charge in [0.05, 0.1) is 6.20 Å². The number of carbonyl (C=O) groups excluding carboxylic acids is 1. The third-order valence-electron chi connectivity index (χ3n) is 4.07. The molecule has 2 aromatic rings. The summed E-state index contributed by atoms with van der Waals surface area (Å²) in [4.78, 5) is 13.7. The number of nitrogens with one attached hydrogen (secondary N) is 2. The van der Waals surface area contributed by atoms with Crippen LogP contribution in [0.25, 0.3) is 0 Å². The predicted octanol–water partition coefficient (Wildman–Crippen LogP) is 0.258. The van der Waals surface area contributed by atoms with Crippen LogP contribution in [-0.2, 0) is 12.1 Å². The van der Waals surface area contributed by atoms with Gasteiger partial charge in [0.15, 0.2) is 0 Å². The van der Waals surface area contributed by atoms with Crippen molar-refractivity contribution in [2.75, 3.05) is 20.1 Å². The molecular weight excluding hydrogens is 282 g/mol. The normalized spacial score (nSPS) is 21.9. The Morgan fingerprint density at radius 2 is 2.23 bits per heavy atom. The van der Waals surface area contributed by atoms with Crippen molar-refractivity contribution in [3.8, 4) is 0 Å². The Hall–Kier alpha value is -2.25. The summed E-state index contributed by atoms with van der Waals surface area (Å²) in [5.74, 6) is -0.0897. The summed E-state index contributed by atoms with van der Waals surface area (Å²) in [6, 6.07) is 7.51. The number of hydrogen-bond acceptors (Lipinski definition) is 5. The highest BCUT2D eigenvalue weighted by atomic mass is 16.3. The molecule has 1 saturated heterocycles. The van der Waals surface area contributed by atoms with Gasteiger partial charge in [0.1, 0.15) is 11.3 Å². The quantitative estimate of drug-likeness (QED) is 0.753. The Labute approximate surface area is 128 Å². The van der Waals surface area contributed by atoms with Crippen LogP contribution in [0.3, 0.4) is 0 Å². The summed E-state index contributed by atoms with van der Waals surface area (Å²) in [5, 5.41) is 23.5. The summed E-state index contributed by atoms with van der Waals surface area (Å²) in [5.41, 5.74) is 1.41. The van der Waals surface area contributed by atoms with Crippen LogP contribution in [0.4, 0.5) is 0 Å². The lowest BCUT2D eigenvalue weighted by atomic mass is 10.00. The number of amides is 1. The van der Waals surface area contributed by atoms with Gasteiger partial charge in [0, 0.05) is 32.2 Å². The molecule has 1 aliphatic rings. The first-order chi connectivity index (χ1) is 10.6. The van der Waals surface area contributed by atoms with Gasteiger partial charge in [0.25, 0.3) is 5.91 Å². The van der Waals surface area contributed by atoms with Gasteiger partial charge < -0.3 is 10.4 Å². The molecule has 0 spiro atoms. The zero-order valence-electron chi connectivity index (χ0n) is 12.4. The average Bonchev–Trinajstić information content (AvgIpc) is 3.18. The van der Waals surface area contributed by atoms with E-state index in [0.717, 1.165) is 18.7 Å². The topological polar surface area (TPSA) is 94.1 Å². The molecule has 7 nitrogen and oxygen atoms in total. The monoisotopic (exact) mass is 301 g/mol. The van der Waals surface area contributed by atoms with Crippen LogP contribution >= 0.6 is 0 Å². The Bertz CT molecular complexity index is 640. The summed E-state index contributed by atoms with van der Waals surface area (Å²) < 4.78 is 0. The second kappa shape index (κ2) is 5.86. The minimum absolute atomic E-state index is 0.0897. The minimum atomic E-state index is -0.935. The van der Waals surface area contributed by atoms with Gasteiger partial charge in [-0.2, -0.15) is 15.4 Å². The van der Waals surface area contributed by atoms with E-state index in [-0.39, 0.29) is 5.91 Å². The standard InChI is InChI=1S/C15H19N5O2/c1-16-14(21)12-4-2-11(3-5-12)9-20-7-6-15(22,10-20)13-8-17-19-18-13/h2-5,8,22H,6-7,9-10H2,1H3,(H,16,21)(H,17,18,19)/t15-/m1/s1. The summed E-state index contributed by atoms with van der Waals surface area (Å²) in [6.45, 7) is 2.05. The number of β-amino-alcohol motifs (C(OH)–C–C–N with tert-alkyl or cyclic N) is 1. The van der Waals surface area contributed by atoms with Gasteiger partial charge in [-0.15, -0.1) is 0 Å². The molecule has 116 valence electrons. The van der Waals surface area contributed by atoms with Crippen LogP contribution in [0.5, 0.6) is 0 Å². The molecule has 1 fully saturated rings. The van der Waals surface area contributed by atoms with E-state index in [4.69, 9.17) is 0 Å². The van der Waals surface area contributed by atoms with E-state index in [9.17, 15) is 9.90 Å². The number of carbonyl (C=O) groups is 1. The van der Waals surface area contributed by atoms with Crippen LogP contribution in [0.15, 0.2) is 30.5 Å². The van der Waals surface area contributed by atoms with E-state index in [0.29, 0.717) is 24.2 Å². The highest BCUT2D eigenvalue weighted by Gasteiger charge is 2.39. The van der Waals surface area contributed by atoms with Crippen LogP contribution in [-0.4, -0.2) is 51.5 Å². The molecule has 0 saturated carbocycles. The van der Waals surface area contributed by atoms with Gasteiger partial charge in [-0.3, -0.25) is 9.69 Å². The van der Waals surface area contributed by atoms with Crippen molar-refractivity contribution in [2.24, 2.45) is 0 Å². The molecule has 22 heavy (non-hydrogen) atoms. The van der Waals surface area contributed by atoms with Crippen molar-refractivity contribution >= 4 is 5.91 Å². The van der Waals surface area contributed by atoms with Gasteiger partial charge in [0.2, 0.25) is 0 Å². The van der Waals surface area contributed by atoms with E-state index in [1.165, 1.54) is 0 Å². The predicted molar refractivity (Wildman–Crippen MR) is 80.0 cm³/mol. The van der Waals surface area contributed by atoms with Crippen LogP contribution in [0, 0.1) is 0 Å². The van der Waals surface area contributed by atoms with E-state index in [2.05, 4.69) is 25.6 Å². The zero-order chi connectivity index (χ0) is 15.6. The molecule has 1 aromatic heterocycles. The number of H-pyrrole nitrogens is 1. The maximum Gasteiger partial charge on any atom is 0.251 e. The lowest BCUT2D eigenvalue weighted by Crippen LogP contribution is -2.31. The van der Waals surface area contributed by atoms with Crippen molar-refractivity contribution in [3.63, 3.8) is 0 Å². The van der Waals surface area contributed by atoms with Gasteiger partial charge in [-0.1, -0.05) is 12.1 Å². The van der Waals surface area contributed by atoms with Crippen LogP contribution < -0.4 is 5.32 Å². The van der Waals surface area contributed by atoms with Crippen LogP contribution in [0.1, 0.15) is 28.0 Å². The molecule has 0 radical (unpaired) electrons. The molecule has 1 aromatic carbocycles. The maximum atomic E-state index is 11.5. The largest absolute Gasteiger partial charge is 0.382 e. The number of nitrogens with zero attached hydrogens (tertiary/aromatic N) is 3. The van der Waals surface area contributed by atoms with E-state index in [1.54, 1.807) is 13.2 Å². The highest BCUT2D eigenvalue weighted by Crippen LogP contribution is 2.30. The van der Waals surface area contributed by atoms with E-state index < -0.39 is 5.60 Å². The smallest absolute Gasteiger partial charge is 0.251 e. The molecule has 2 heterocycles. The number of hydrogen-bond donors (Lipinski definition) is 3. The molecule has 0 aliphatic carbocycles. The molecular formula is C15H19N5O2. The van der Waals surface area contributed by atoms with Crippen molar-refractivity contribution in [1.82, 2.24) is 25.6 Å². The maximum absolute atomic E-state index is 11.5. The molecule has 1 atom stereocenters. The number of aromatic nitrogens is 3. The summed E-state index contributed by atoms with van der Waals surface area (Å²) in [7, 11) is 1.62. The molecule has 0 bridgehead atoms.